The molecule has 0 saturated carbocycles. The number of benzene rings is 2. The number of hydrogen-bond donors (Lipinski definition) is 2. The molecule has 24 heavy (non-hydrogen) atoms. The van der Waals surface area contributed by atoms with Crippen LogP contribution in [0.4, 0.5) is 0 Å². The highest BCUT2D eigenvalue weighted by Gasteiger charge is 2.10. The first kappa shape index (κ1) is 16.1. The number of thiazole rings is 1. The quantitative estimate of drug-likeness (QED) is 0.723. The fraction of sp³-hybridized carbons (Fsp3) is 0.167. The number of hydrogen-bond acceptors (Lipinski definition) is 4. The van der Waals surface area contributed by atoms with E-state index in [0.717, 1.165) is 16.3 Å². The lowest BCUT2D eigenvalue weighted by Crippen LogP contribution is -2.24. The number of rotatable bonds is 6. The molecule has 0 spiro atoms. The minimum atomic E-state index is -0.924. The topological polar surface area (TPSA) is 79.3 Å². The third-order valence-corrected chi connectivity index (χ3v) is 4.50. The number of aromatic nitrogens is 1. The van der Waals surface area contributed by atoms with E-state index in [1.54, 1.807) is 5.38 Å². The number of aliphatic carboxylic acids is 1. The fourth-order valence-corrected chi connectivity index (χ4v) is 3.30. The van der Waals surface area contributed by atoms with Crippen LogP contribution >= 0.6 is 11.3 Å². The van der Waals surface area contributed by atoms with E-state index in [4.69, 9.17) is 5.11 Å². The van der Waals surface area contributed by atoms with Crippen molar-refractivity contribution in [2.75, 3.05) is 0 Å². The van der Waals surface area contributed by atoms with Gasteiger partial charge in [0.25, 0.3) is 0 Å². The van der Waals surface area contributed by atoms with Crippen molar-refractivity contribution in [2.45, 2.75) is 19.4 Å². The van der Waals surface area contributed by atoms with Crippen LogP contribution in [0.5, 0.6) is 0 Å². The Labute approximate surface area is 143 Å². The van der Waals surface area contributed by atoms with Crippen LogP contribution in [0.1, 0.15) is 16.3 Å². The average Bonchev–Trinajstić information content (AvgIpc) is 2.99. The van der Waals surface area contributed by atoms with Crippen molar-refractivity contribution in [3.8, 4) is 0 Å². The molecule has 6 heteroatoms. The predicted molar refractivity (Wildman–Crippen MR) is 93.0 cm³/mol. The number of carbonyl (C=O) groups excluding carboxylic acids is 1. The first-order valence-electron chi connectivity index (χ1n) is 7.50. The van der Waals surface area contributed by atoms with Crippen LogP contribution < -0.4 is 5.32 Å². The van der Waals surface area contributed by atoms with Crippen molar-refractivity contribution in [3.63, 3.8) is 0 Å². The SMILES string of the molecule is O=C(O)Cc1csc(CC(=O)NCc2cccc3ccccc23)n1. The zero-order valence-corrected chi connectivity index (χ0v) is 13.7. The molecule has 5 nitrogen and oxygen atoms in total. The number of nitrogens with one attached hydrogen (secondary N) is 1. The van der Waals surface area contributed by atoms with Gasteiger partial charge in [0.15, 0.2) is 0 Å². The zero-order valence-electron chi connectivity index (χ0n) is 12.9. The molecule has 0 bridgehead atoms. The van der Waals surface area contributed by atoms with Gasteiger partial charge >= 0.3 is 5.97 Å². The molecule has 0 aliphatic carbocycles. The van der Waals surface area contributed by atoms with Gasteiger partial charge < -0.3 is 10.4 Å². The Kier molecular flexibility index (Phi) is 4.86. The third kappa shape index (κ3) is 3.97. The molecule has 0 aliphatic heterocycles. The second-order valence-electron chi connectivity index (χ2n) is 5.39. The summed E-state index contributed by atoms with van der Waals surface area (Å²) in [7, 11) is 0. The van der Waals surface area contributed by atoms with Crippen molar-refractivity contribution >= 4 is 34.0 Å². The molecule has 0 fully saturated rings. The second kappa shape index (κ2) is 7.23. The summed E-state index contributed by atoms with van der Waals surface area (Å²) in [4.78, 5) is 26.9. The lowest BCUT2D eigenvalue weighted by Gasteiger charge is -2.08. The molecular formula is C18H16N2O3S. The Hall–Kier alpha value is -2.73. The van der Waals surface area contributed by atoms with E-state index >= 15 is 0 Å². The van der Waals surface area contributed by atoms with Crippen molar-refractivity contribution in [2.24, 2.45) is 0 Å². The Morgan fingerprint density at radius 2 is 1.88 bits per heavy atom. The summed E-state index contributed by atoms with van der Waals surface area (Å²) in [5.41, 5.74) is 1.55. The summed E-state index contributed by atoms with van der Waals surface area (Å²) >= 11 is 1.31. The van der Waals surface area contributed by atoms with E-state index in [-0.39, 0.29) is 18.7 Å². The number of carboxylic acid groups (broad SMARTS) is 1. The Bertz CT molecular complexity index is 883. The van der Waals surface area contributed by atoms with E-state index in [2.05, 4.69) is 10.3 Å². The summed E-state index contributed by atoms with van der Waals surface area (Å²) in [6.45, 7) is 0.452. The summed E-state index contributed by atoms with van der Waals surface area (Å²) < 4.78 is 0. The maximum atomic E-state index is 12.1. The molecule has 3 rings (SSSR count). The van der Waals surface area contributed by atoms with Crippen LogP contribution in [0, 0.1) is 0 Å². The second-order valence-corrected chi connectivity index (χ2v) is 6.34. The minimum absolute atomic E-state index is 0.117. The fourth-order valence-electron chi connectivity index (χ4n) is 2.51. The van der Waals surface area contributed by atoms with Gasteiger partial charge in [-0.05, 0) is 16.3 Å². The molecule has 0 atom stereocenters. The number of amides is 1. The standard InChI is InChI=1S/C18H16N2O3S/c21-16(9-17-20-14(11-24-17)8-18(22)23)19-10-13-6-3-5-12-4-1-2-7-15(12)13/h1-7,11H,8-10H2,(H,19,21)(H,22,23). The monoisotopic (exact) mass is 340 g/mol. The predicted octanol–water partition coefficient (Wildman–Crippen LogP) is 2.78. The van der Waals surface area contributed by atoms with Gasteiger partial charge in [0.1, 0.15) is 5.01 Å². The van der Waals surface area contributed by atoms with E-state index in [1.807, 2.05) is 42.5 Å². The molecule has 2 N–H and O–H groups in total. The summed E-state index contributed by atoms with van der Waals surface area (Å²) in [5.74, 6) is -1.05. The van der Waals surface area contributed by atoms with Crippen LogP contribution in [-0.4, -0.2) is 22.0 Å². The smallest absolute Gasteiger partial charge is 0.309 e. The van der Waals surface area contributed by atoms with Crippen molar-refractivity contribution < 1.29 is 14.7 Å². The van der Waals surface area contributed by atoms with Crippen LogP contribution in [-0.2, 0) is 29.0 Å². The highest BCUT2D eigenvalue weighted by Crippen LogP contribution is 2.18. The van der Waals surface area contributed by atoms with Crippen molar-refractivity contribution in [1.29, 1.82) is 0 Å². The molecule has 3 aromatic rings. The summed E-state index contributed by atoms with van der Waals surface area (Å²) in [6.07, 6.45) is 0.0448. The molecule has 2 aromatic carbocycles. The van der Waals surface area contributed by atoms with Crippen molar-refractivity contribution in [1.82, 2.24) is 10.3 Å². The first-order chi connectivity index (χ1) is 11.6. The van der Waals surface area contributed by atoms with Gasteiger partial charge in [-0.15, -0.1) is 11.3 Å². The number of carboxylic acids is 1. The van der Waals surface area contributed by atoms with E-state index in [0.29, 0.717) is 17.2 Å². The van der Waals surface area contributed by atoms with Gasteiger partial charge in [-0.25, -0.2) is 4.98 Å². The maximum Gasteiger partial charge on any atom is 0.309 e. The van der Waals surface area contributed by atoms with Gasteiger partial charge in [-0.1, -0.05) is 42.5 Å². The van der Waals surface area contributed by atoms with Crippen LogP contribution in [0.2, 0.25) is 0 Å². The molecular weight excluding hydrogens is 324 g/mol. The normalized spacial score (nSPS) is 10.7. The number of fused-ring (bicyclic) bond motifs is 1. The molecule has 0 aliphatic rings. The zero-order chi connectivity index (χ0) is 16.9. The Morgan fingerprint density at radius 1 is 1.08 bits per heavy atom. The molecule has 0 unspecified atom stereocenters. The third-order valence-electron chi connectivity index (χ3n) is 3.60. The largest absolute Gasteiger partial charge is 0.481 e. The van der Waals surface area contributed by atoms with Crippen LogP contribution in [0.15, 0.2) is 47.8 Å². The van der Waals surface area contributed by atoms with Gasteiger partial charge in [0.2, 0.25) is 5.91 Å². The van der Waals surface area contributed by atoms with Gasteiger partial charge in [-0.3, -0.25) is 9.59 Å². The molecule has 122 valence electrons. The molecule has 0 radical (unpaired) electrons. The Morgan fingerprint density at radius 3 is 2.71 bits per heavy atom. The molecule has 0 saturated heterocycles. The van der Waals surface area contributed by atoms with Gasteiger partial charge in [0, 0.05) is 11.9 Å². The van der Waals surface area contributed by atoms with E-state index in [9.17, 15) is 9.59 Å². The lowest BCUT2D eigenvalue weighted by atomic mass is 10.0. The van der Waals surface area contributed by atoms with E-state index < -0.39 is 5.97 Å². The average molecular weight is 340 g/mol. The van der Waals surface area contributed by atoms with Gasteiger partial charge in [0.05, 0.1) is 18.5 Å². The summed E-state index contributed by atoms with van der Waals surface area (Å²) in [5, 5.41) is 16.2. The maximum absolute atomic E-state index is 12.1. The molecule has 1 heterocycles. The summed E-state index contributed by atoms with van der Waals surface area (Å²) in [6, 6.07) is 14.1. The lowest BCUT2D eigenvalue weighted by molar-refractivity contribution is -0.136. The molecule has 1 aromatic heterocycles. The minimum Gasteiger partial charge on any atom is -0.481 e. The Balaban J connectivity index is 1.61. The van der Waals surface area contributed by atoms with Gasteiger partial charge in [-0.2, -0.15) is 0 Å². The highest BCUT2D eigenvalue weighted by molar-refractivity contribution is 7.09. The van der Waals surface area contributed by atoms with Crippen LogP contribution in [0.25, 0.3) is 10.8 Å². The van der Waals surface area contributed by atoms with E-state index in [1.165, 1.54) is 11.3 Å². The molecule has 1 amide bonds. The number of nitrogens with zero attached hydrogens (tertiary/aromatic N) is 1. The van der Waals surface area contributed by atoms with Crippen molar-refractivity contribution in [3.05, 3.63) is 64.1 Å². The first-order valence-corrected chi connectivity index (χ1v) is 8.38. The highest BCUT2D eigenvalue weighted by atomic mass is 32.1. The number of carbonyl (C=O) groups is 2. The van der Waals surface area contributed by atoms with Crippen LogP contribution in [0.3, 0.4) is 0 Å².